The second-order valence-electron chi connectivity index (χ2n) is 7.14. The van der Waals surface area contributed by atoms with E-state index in [1.807, 2.05) is 31.2 Å². The molecule has 2 aromatic rings. The van der Waals surface area contributed by atoms with Crippen molar-refractivity contribution in [3.63, 3.8) is 0 Å². The van der Waals surface area contributed by atoms with Crippen molar-refractivity contribution in [2.75, 3.05) is 30.8 Å². The number of hydrogen-bond acceptors (Lipinski definition) is 5. The van der Waals surface area contributed by atoms with Gasteiger partial charge in [0.1, 0.15) is 18.3 Å². The third kappa shape index (κ3) is 6.96. The van der Waals surface area contributed by atoms with Gasteiger partial charge in [0.2, 0.25) is 21.8 Å². The topological polar surface area (TPSA) is 96.0 Å². The molecule has 0 saturated heterocycles. The van der Waals surface area contributed by atoms with Gasteiger partial charge >= 0.3 is 0 Å². The van der Waals surface area contributed by atoms with Gasteiger partial charge in [0.25, 0.3) is 0 Å². The van der Waals surface area contributed by atoms with Gasteiger partial charge in [0.05, 0.1) is 18.6 Å². The van der Waals surface area contributed by atoms with Gasteiger partial charge in [-0.15, -0.1) is 0 Å². The maximum Gasteiger partial charge on any atom is 0.244 e. The minimum Gasteiger partial charge on any atom is -0.494 e. The minimum atomic E-state index is -3.77. The highest BCUT2D eigenvalue weighted by atomic mass is 79.9. The van der Waals surface area contributed by atoms with Crippen LogP contribution in [0.4, 0.5) is 5.69 Å². The molecule has 32 heavy (non-hydrogen) atoms. The predicted octanol–water partition coefficient (Wildman–Crippen LogP) is 2.78. The van der Waals surface area contributed by atoms with Crippen molar-refractivity contribution in [2.24, 2.45) is 0 Å². The lowest BCUT2D eigenvalue weighted by molar-refractivity contribution is -0.139. The Morgan fingerprint density at radius 2 is 1.81 bits per heavy atom. The van der Waals surface area contributed by atoms with E-state index in [4.69, 9.17) is 4.74 Å². The predicted molar refractivity (Wildman–Crippen MR) is 128 cm³/mol. The largest absolute Gasteiger partial charge is 0.494 e. The first kappa shape index (κ1) is 25.7. The zero-order valence-electron chi connectivity index (χ0n) is 18.5. The standard InChI is InChI=1S/C22H28BrN3O5S/c1-5-31-20-11-9-19(10-12-20)26(32(4,29)30)15-21(27)25(16(2)22(28)24-3)14-17-7-6-8-18(23)13-17/h6-13,16H,5,14-15H2,1-4H3,(H,24,28). The van der Waals surface area contributed by atoms with Crippen LogP contribution in [0.3, 0.4) is 0 Å². The number of rotatable bonds is 10. The summed E-state index contributed by atoms with van der Waals surface area (Å²) < 4.78 is 32.3. The van der Waals surface area contributed by atoms with Gasteiger partial charge < -0.3 is 15.0 Å². The number of amides is 2. The molecule has 0 radical (unpaired) electrons. The zero-order valence-corrected chi connectivity index (χ0v) is 20.9. The summed E-state index contributed by atoms with van der Waals surface area (Å²) in [5.41, 5.74) is 1.13. The lowest BCUT2D eigenvalue weighted by Gasteiger charge is -2.31. The van der Waals surface area contributed by atoms with E-state index in [2.05, 4.69) is 21.2 Å². The van der Waals surface area contributed by atoms with Gasteiger partial charge in [-0.1, -0.05) is 28.1 Å². The average molecular weight is 526 g/mol. The Morgan fingerprint density at radius 3 is 2.34 bits per heavy atom. The van der Waals surface area contributed by atoms with Crippen molar-refractivity contribution in [1.82, 2.24) is 10.2 Å². The van der Waals surface area contributed by atoms with Gasteiger partial charge in [0, 0.05) is 18.1 Å². The summed E-state index contributed by atoms with van der Waals surface area (Å²) in [5, 5.41) is 2.54. The van der Waals surface area contributed by atoms with E-state index in [0.717, 1.165) is 20.6 Å². The molecule has 2 rings (SSSR count). The van der Waals surface area contributed by atoms with E-state index in [0.29, 0.717) is 18.0 Å². The molecule has 1 N–H and O–H groups in total. The molecule has 0 heterocycles. The van der Waals surface area contributed by atoms with E-state index >= 15 is 0 Å². The molecule has 0 aromatic heterocycles. The number of benzene rings is 2. The first-order valence-electron chi connectivity index (χ1n) is 10.0. The molecule has 10 heteroatoms. The summed E-state index contributed by atoms with van der Waals surface area (Å²) >= 11 is 3.40. The smallest absolute Gasteiger partial charge is 0.244 e. The Kier molecular flexibility index (Phi) is 9.09. The van der Waals surface area contributed by atoms with Crippen molar-refractivity contribution in [3.8, 4) is 5.75 Å². The van der Waals surface area contributed by atoms with Gasteiger partial charge in [-0.3, -0.25) is 13.9 Å². The summed E-state index contributed by atoms with van der Waals surface area (Å²) in [6.45, 7) is 3.64. The number of carbonyl (C=O) groups excluding carboxylic acids is 2. The molecular weight excluding hydrogens is 498 g/mol. The van der Waals surface area contributed by atoms with E-state index in [9.17, 15) is 18.0 Å². The van der Waals surface area contributed by atoms with Crippen LogP contribution in [0, 0.1) is 0 Å². The van der Waals surface area contributed by atoms with Crippen LogP contribution in [0.2, 0.25) is 0 Å². The van der Waals surface area contributed by atoms with Gasteiger partial charge in [0.15, 0.2) is 0 Å². The number of nitrogens with one attached hydrogen (secondary N) is 1. The fourth-order valence-electron chi connectivity index (χ4n) is 3.11. The number of carbonyl (C=O) groups is 2. The zero-order chi connectivity index (χ0) is 23.9. The number of halogens is 1. The van der Waals surface area contributed by atoms with E-state index in [-0.39, 0.29) is 12.5 Å². The summed E-state index contributed by atoms with van der Waals surface area (Å²) in [5.74, 6) is -0.249. The first-order valence-corrected chi connectivity index (χ1v) is 12.7. The highest BCUT2D eigenvalue weighted by Gasteiger charge is 2.29. The van der Waals surface area contributed by atoms with Crippen molar-refractivity contribution >= 4 is 43.5 Å². The molecule has 0 fully saturated rings. The van der Waals surface area contributed by atoms with Crippen LogP contribution in [0.5, 0.6) is 5.75 Å². The average Bonchev–Trinajstić information content (AvgIpc) is 2.75. The van der Waals surface area contributed by atoms with Crippen LogP contribution in [-0.2, 0) is 26.2 Å². The molecule has 2 aromatic carbocycles. The third-order valence-corrected chi connectivity index (χ3v) is 6.40. The maximum atomic E-state index is 13.3. The van der Waals surface area contributed by atoms with Crippen molar-refractivity contribution in [2.45, 2.75) is 26.4 Å². The summed E-state index contributed by atoms with van der Waals surface area (Å²) in [7, 11) is -2.28. The lowest BCUT2D eigenvalue weighted by Crippen LogP contribution is -2.50. The van der Waals surface area contributed by atoms with Crippen LogP contribution >= 0.6 is 15.9 Å². The second-order valence-corrected chi connectivity index (χ2v) is 9.96. The summed E-state index contributed by atoms with van der Waals surface area (Å²) in [4.78, 5) is 27.0. The Labute approximate surface area is 197 Å². The SMILES string of the molecule is CCOc1ccc(N(CC(=O)N(Cc2cccc(Br)c2)C(C)C(=O)NC)S(C)(=O)=O)cc1. The van der Waals surface area contributed by atoms with Crippen molar-refractivity contribution in [1.29, 1.82) is 0 Å². The molecule has 1 atom stereocenters. The molecule has 174 valence electrons. The van der Waals surface area contributed by atoms with E-state index in [1.54, 1.807) is 31.2 Å². The molecule has 2 amide bonds. The van der Waals surface area contributed by atoms with Crippen LogP contribution in [0.1, 0.15) is 19.4 Å². The monoisotopic (exact) mass is 525 g/mol. The highest BCUT2D eigenvalue weighted by Crippen LogP contribution is 2.23. The molecular formula is C22H28BrN3O5S. The lowest BCUT2D eigenvalue weighted by atomic mass is 10.1. The number of likely N-dealkylation sites (N-methyl/N-ethyl adjacent to an activating group) is 1. The Bertz CT molecular complexity index is 1040. The van der Waals surface area contributed by atoms with Crippen LogP contribution in [0.15, 0.2) is 53.0 Å². The van der Waals surface area contributed by atoms with E-state index in [1.165, 1.54) is 11.9 Å². The number of nitrogens with zero attached hydrogens (tertiary/aromatic N) is 2. The number of ether oxygens (including phenoxy) is 1. The molecule has 1 unspecified atom stereocenters. The van der Waals surface area contributed by atoms with E-state index < -0.39 is 28.5 Å². The molecule has 8 nitrogen and oxygen atoms in total. The molecule has 0 aliphatic heterocycles. The van der Waals surface area contributed by atoms with Gasteiger partial charge in [-0.05, 0) is 55.8 Å². The second kappa shape index (κ2) is 11.3. The molecule has 0 saturated carbocycles. The van der Waals surface area contributed by atoms with Crippen LogP contribution in [-0.4, -0.2) is 57.6 Å². The fraction of sp³-hybridized carbons (Fsp3) is 0.364. The first-order chi connectivity index (χ1) is 15.1. The summed E-state index contributed by atoms with van der Waals surface area (Å²) in [6.07, 6.45) is 1.04. The number of anilines is 1. The minimum absolute atomic E-state index is 0.147. The van der Waals surface area contributed by atoms with Crippen molar-refractivity contribution in [3.05, 3.63) is 58.6 Å². The van der Waals surface area contributed by atoms with Gasteiger partial charge in [-0.2, -0.15) is 0 Å². The maximum absolute atomic E-state index is 13.3. The number of sulfonamides is 1. The normalized spacial score (nSPS) is 12.0. The third-order valence-electron chi connectivity index (χ3n) is 4.77. The number of hydrogen-bond donors (Lipinski definition) is 1. The fourth-order valence-corrected chi connectivity index (χ4v) is 4.41. The molecule has 0 aliphatic carbocycles. The van der Waals surface area contributed by atoms with Crippen LogP contribution < -0.4 is 14.4 Å². The quantitative estimate of drug-likeness (QED) is 0.514. The molecule has 0 bridgehead atoms. The van der Waals surface area contributed by atoms with Crippen molar-refractivity contribution < 1.29 is 22.7 Å². The Balaban J connectivity index is 2.35. The summed E-state index contributed by atoms with van der Waals surface area (Å²) in [6, 6.07) is 13.0. The molecule has 0 spiro atoms. The Morgan fingerprint density at radius 1 is 1.16 bits per heavy atom. The Hall–Kier alpha value is -2.59. The highest BCUT2D eigenvalue weighted by molar-refractivity contribution is 9.10. The van der Waals surface area contributed by atoms with Gasteiger partial charge in [-0.25, -0.2) is 8.42 Å². The molecule has 0 aliphatic rings. The van der Waals surface area contributed by atoms with Crippen LogP contribution in [0.25, 0.3) is 0 Å².